The lowest BCUT2D eigenvalue weighted by Crippen LogP contribution is -2.29. The van der Waals surface area contributed by atoms with Crippen molar-refractivity contribution in [2.75, 3.05) is 6.54 Å². The van der Waals surface area contributed by atoms with Crippen molar-refractivity contribution in [2.24, 2.45) is 0 Å². The van der Waals surface area contributed by atoms with Gasteiger partial charge in [-0.3, -0.25) is 9.59 Å². The molecule has 0 aliphatic carbocycles. The van der Waals surface area contributed by atoms with Crippen molar-refractivity contribution in [1.29, 1.82) is 0 Å². The second-order valence-electron chi connectivity index (χ2n) is 3.98. The average Bonchev–Trinajstić information content (AvgIpc) is 2.36. The third-order valence-corrected chi connectivity index (χ3v) is 2.42. The Hall–Kier alpha value is -1.88. The lowest BCUT2D eigenvalue weighted by atomic mass is 10.1. The zero-order chi connectivity index (χ0) is 13.4. The normalized spacial score (nSPS) is 9.89. The van der Waals surface area contributed by atoms with E-state index in [1.54, 1.807) is 0 Å². The molecule has 0 aromatic heterocycles. The smallest absolute Gasteiger partial charge is 0.222 e. The molecule has 0 radical (unpaired) electrons. The maximum atomic E-state index is 11.4. The monoisotopic (exact) mass is 250 g/mol. The summed E-state index contributed by atoms with van der Waals surface area (Å²) in [7, 11) is 0. The van der Waals surface area contributed by atoms with Gasteiger partial charge in [0.1, 0.15) is 0 Å². The third kappa shape index (κ3) is 5.45. The zero-order valence-corrected chi connectivity index (χ0v) is 10.4. The molecule has 0 aliphatic heterocycles. The highest BCUT2D eigenvalue weighted by Crippen LogP contribution is 2.03. The minimum atomic E-state index is -0.137. The van der Waals surface area contributed by atoms with Gasteiger partial charge in [-0.25, -0.2) is 0 Å². The van der Waals surface area contributed by atoms with Crippen molar-refractivity contribution < 1.29 is 14.7 Å². The lowest BCUT2D eigenvalue weighted by molar-refractivity contribution is -0.121. The second kappa shape index (κ2) is 7.45. The predicted molar refractivity (Wildman–Crippen MR) is 67.5 cm³/mol. The summed E-state index contributed by atoms with van der Waals surface area (Å²) in [4.78, 5) is 22.0. The Morgan fingerprint density at radius 3 is 2.28 bits per heavy atom. The van der Waals surface area contributed by atoms with Gasteiger partial charge in [0.05, 0.1) is 6.61 Å². The van der Waals surface area contributed by atoms with Crippen LogP contribution in [0.2, 0.25) is 0 Å². The highest BCUT2D eigenvalue weighted by molar-refractivity contribution is 5.77. The first kappa shape index (κ1) is 14.2. The Morgan fingerprint density at radius 1 is 1.11 bits per heavy atom. The van der Waals surface area contributed by atoms with Crippen LogP contribution in [-0.2, 0) is 22.7 Å². The van der Waals surface area contributed by atoms with Gasteiger partial charge < -0.3 is 15.7 Å². The van der Waals surface area contributed by atoms with Crippen molar-refractivity contribution >= 4 is 11.8 Å². The minimum Gasteiger partial charge on any atom is -0.392 e. The van der Waals surface area contributed by atoms with E-state index in [1.807, 2.05) is 24.3 Å². The molecule has 0 atom stereocenters. The molecule has 1 aromatic rings. The van der Waals surface area contributed by atoms with Crippen LogP contribution in [0.4, 0.5) is 0 Å². The van der Waals surface area contributed by atoms with E-state index in [0.29, 0.717) is 13.1 Å². The highest BCUT2D eigenvalue weighted by Gasteiger charge is 2.01. The molecule has 1 rings (SSSR count). The van der Waals surface area contributed by atoms with Crippen LogP contribution in [0, 0.1) is 0 Å². The van der Waals surface area contributed by atoms with E-state index >= 15 is 0 Å². The molecule has 18 heavy (non-hydrogen) atoms. The van der Waals surface area contributed by atoms with E-state index < -0.39 is 0 Å². The molecule has 1 aromatic carbocycles. The Labute approximate surface area is 106 Å². The summed E-state index contributed by atoms with van der Waals surface area (Å²) in [6.45, 7) is 2.24. The van der Waals surface area contributed by atoms with E-state index in [-0.39, 0.29) is 24.8 Å². The number of rotatable bonds is 6. The Kier molecular flexibility index (Phi) is 5.87. The van der Waals surface area contributed by atoms with Gasteiger partial charge in [-0.15, -0.1) is 0 Å². The number of hydrogen-bond donors (Lipinski definition) is 3. The molecule has 0 heterocycles. The molecule has 0 spiro atoms. The Morgan fingerprint density at radius 2 is 1.72 bits per heavy atom. The lowest BCUT2D eigenvalue weighted by Gasteiger charge is -2.06. The first-order valence-electron chi connectivity index (χ1n) is 5.81. The van der Waals surface area contributed by atoms with Crippen LogP contribution in [0.15, 0.2) is 24.3 Å². The van der Waals surface area contributed by atoms with Crippen LogP contribution >= 0.6 is 0 Å². The molecular weight excluding hydrogens is 232 g/mol. The van der Waals surface area contributed by atoms with Crippen molar-refractivity contribution in [1.82, 2.24) is 10.6 Å². The number of nitrogens with one attached hydrogen (secondary N) is 2. The zero-order valence-electron chi connectivity index (χ0n) is 10.4. The van der Waals surface area contributed by atoms with E-state index in [9.17, 15) is 9.59 Å². The largest absolute Gasteiger partial charge is 0.392 e. The maximum absolute atomic E-state index is 11.4. The minimum absolute atomic E-state index is 0.0172. The second-order valence-corrected chi connectivity index (χ2v) is 3.98. The maximum Gasteiger partial charge on any atom is 0.222 e. The summed E-state index contributed by atoms with van der Waals surface area (Å²) >= 11 is 0. The van der Waals surface area contributed by atoms with Gasteiger partial charge in [-0.05, 0) is 11.1 Å². The number of aliphatic hydroxyl groups is 1. The van der Waals surface area contributed by atoms with Crippen LogP contribution in [0.5, 0.6) is 0 Å². The van der Waals surface area contributed by atoms with Crippen LogP contribution in [0.1, 0.15) is 24.5 Å². The van der Waals surface area contributed by atoms with Gasteiger partial charge in [-0.2, -0.15) is 0 Å². The van der Waals surface area contributed by atoms with Gasteiger partial charge in [0.15, 0.2) is 0 Å². The van der Waals surface area contributed by atoms with Gasteiger partial charge in [0.25, 0.3) is 0 Å². The summed E-state index contributed by atoms with van der Waals surface area (Å²) in [6.07, 6.45) is 0.272. The quantitative estimate of drug-likeness (QED) is 0.680. The Balaban J connectivity index is 2.26. The van der Waals surface area contributed by atoms with Crippen LogP contribution in [0.25, 0.3) is 0 Å². The number of hydrogen-bond acceptors (Lipinski definition) is 3. The first-order chi connectivity index (χ1) is 8.61. The number of aliphatic hydroxyl groups excluding tert-OH is 1. The van der Waals surface area contributed by atoms with Crippen molar-refractivity contribution in [3.63, 3.8) is 0 Å². The molecule has 0 saturated heterocycles. The van der Waals surface area contributed by atoms with Crippen LogP contribution in [-0.4, -0.2) is 23.5 Å². The van der Waals surface area contributed by atoms with Crippen LogP contribution < -0.4 is 10.6 Å². The molecule has 3 N–H and O–H groups in total. The topological polar surface area (TPSA) is 78.4 Å². The van der Waals surface area contributed by atoms with E-state index in [0.717, 1.165) is 11.1 Å². The first-order valence-corrected chi connectivity index (χ1v) is 5.81. The molecule has 5 nitrogen and oxygen atoms in total. The van der Waals surface area contributed by atoms with Gasteiger partial charge >= 0.3 is 0 Å². The number of amides is 2. The van der Waals surface area contributed by atoms with Crippen molar-refractivity contribution in [2.45, 2.75) is 26.5 Å². The van der Waals surface area contributed by atoms with Crippen molar-refractivity contribution in [3.8, 4) is 0 Å². The summed E-state index contributed by atoms with van der Waals surface area (Å²) in [6, 6.07) is 7.36. The fourth-order valence-corrected chi connectivity index (χ4v) is 1.40. The highest BCUT2D eigenvalue weighted by atomic mass is 16.3. The molecule has 0 bridgehead atoms. The van der Waals surface area contributed by atoms with Gasteiger partial charge in [0.2, 0.25) is 11.8 Å². The summed E-state index contributed by atoms with van der Waals surface area (Å²) in [5.41, 5.74) is 1.82. The molecule has 0 aliphatic rings. The Bertz CT molecular complexity index is 401. The van der Waals surface area contributed by atoms with Gasteiger partial charge in [-0.1, -0.05) is 24.3 Å². The fraction of sp³-hybridized carbons (Fsp3) is 0.385. The number of carbonyl (C=O) groups is 2. The molecule has 0 fully saturated rings. The van der Waals surface area contributed by atoms with E-state index in [2.05, 4.69) is 10.6 Å². The molecule has 2 amide bonds. The van der Waals surface area contributed by atoms with Gasteiger partial charge in [0, 0.05) is 26.4 Å². The van der Waals surface area contributed by atoms with E-state index in [4.69, 9.17) is 5.11 Å². The number of benzene rings is 1. The predicted octanol–water partition coefficient (Wildman–Crippen LogP) is 0.321. The van der Waals surface area contributed by atoms with E-state index in [1.165, 1.54) is 6.92 Å². The SMILES string of the molecule is CC(=O)NCCC(=O)NCc1ccc(CO)cc1. The molecule has 98 valence electrons. The molecular formula is C13H18N2O3. The standard InChI is InChI=1S/C13H18N2O3/c1-10(17)14-7-6-13(18)15-8-11-2-4-12(9-16)5-3-11/h2-5,16H,6-9H2,1H3,(H,14,17)(H,15,18). The molecule has 0 saturated carbocycles. The van der Waals surface area contributed by atoms with Crippen molar-refractivity contribution in [3.05, 3.63) is 35.4 Å². The fourth-order valence-electron chi connectivity index (χ4n) is 1.40. The summed E-state index contributed by atoms with van der Waals surface area (Å²) in [5.74, 6) is -0.239. The molecule has 5 heteroatoms. The van der Waals surface area contributed by atoms with Crippen LogP contribution in [0.3, 0.4) is 0 Å². The molecule has 0 unspecified atom stereocenters. The average molecular weight is 250 g/mol. The summed E-state index contributed by atoms with van der Waals surface area (Å²) < 4.78 is 0. The third-order valence-electron chi connectivity index (χ3n) is 2.42. The summed E-state index contributed by atoms with van der Waals surface area (Å²) in [5, 5.41) is 14.2. The number of carbonyl (C=O) groups excluding carboxylic acids is 2.